The monoisotopic (exact) mass is 200 g/mol. The highest BCUT2D eigenvalue weighted by atomic mass is 32.1. The third-order valence-electron chi connectivity index (χ3n) is 1.65. The molecule has 0 unspecified atom stereocenters. The Morgan fingerprint density at radius 1 is 1.62 bits per heavy atom. The molecule has 1 aromatic heterocycles. The highest BCUT2D eigenvalue weighted by molar-refractivity contribution is 7.13. The van der Waals surface area contributed by atoms with Crippen LogP contribution in [0.25, 0.3) is 0 Å². The zero-order valence-corrected chi connectivity index (χ0v) is 9.14. The molecule has 3 nitrogen and oxygen atoms in total. The van der Waals surface area contributed by atoms with E-state index in [0.717, 1.165) is 11.7 Å². The van der Waals surface area contributed by atoms with Gasteiger partial charge in [0.2, 0.25) is 0 Å². The van der Waals surface area contributed by atoms with Crippen LogP contribution >= 0.6 is 11.3 Å². The van der Waals surface area contributed by atoms with Crippen LogP contribution in [-0.2, 0) is 0 Å². The fourth-order valence-corrected chi connectivity index (χ4v) is 1.86. The first-order valence-electron chi connectivity index (χ1n) is 4.40. The molecule has 0 saturated carbocycles. The van der Waals surface area contributed by atoms with Gasteiger partial charge < -0.3 is 10.0 Å². The summed E-state index contributed by atoms with van der Waals surface area (Å²) in [4.78, 5) is 6.28. The molecule has 0 bridgehead atoms. The van der Waals surface area contributed by atoms with Crippen LogP contribution < -0.4 is 4.90 Å². The maximum Gasteiger partial charge on any atom is 0.185 e. The van der Waals surface area contributed by atoms with Crippen molar-refractivity contribution in [3.05, 3.63) is 11.6 Å². The Hall–Kier alpha value is -0.610. The van der Waals surface area contributed by atoms with Gasteiger partial charge in [0.25, 0.3) is 0 Å². The summed E-state index contributed by atoms with van der Waals surface area (Å²) in [5.74, 6) is 0. The maximum atomic E-state index is 9.65. The second kappa shape index (κ2) is 4.07. The van der Waals surface area contributed by atoms with E-state index in [0.29, 0.717) is 6.54 Å². The zero-order chi connectivity index (χ0) is 9.90. The van der Waals surface area contributed by atoms with Gasteiger partial charge in [0.15, 0.2) is 5.13 Å². The van der Waals surface area contributed by atoms with E-state index in [-0.39, 0.29) is 0 Å². The van der Waals surface area contributed by atoms with Crippen molar-refractivity contribution < 1.29 is 5.11 Å². The molecule has 0 atom stereocenters. The van der Waals surface area contributed by atoms with Gasteiger partial charge in [-0.3, -0.25) is 0 Å². The Morgan fingerprint density at radius 2 is 2.31 bits per heavy atom. The number of hydrogen-bond donors (Lipinski definition) is 1. The number of likely N-dealkylation sites (N-methyl/N-ethyl adjacent to an activating group) is 1. The topological polar surface area (TPSA) is 36.4 Å². The van der Waals surface area contributed by atoms with Crippen LogP contribution in [-0.4, -0.2) is 28.8 Å². The first kappa shape index (κ1) is 10.5. The highest BCUT2D eigenvalue weighted by Crippen LogP contribution is 2.19. The molecule has 1 heterocycles. The molecule has 0 aliphatic heterocycles. The van der Waals surface area contributed by atoms with Gasteiger partial charge in [-0.25, -0.2) is 4.98 Å². The van der Waals surface area contributed by atoms with Crippen molar-refractivity contribution in [3.63, 3.8) is 0 Å². The number of thiazole rings is 1. The van der Waals surface area contributed by atoms with Crippen molar-refractivity contribution in [1.29, 1.82) is 0 Å². The summed E-state index contributed by atoms with van der Waals surface area (Å²) in [7, 11) is 0. The fraction of sp³-hybridized carbons (Fsp3) is 0.667. The zero-order valence-electron chi connectivity index (χ0n) is 8.32. The predicted octanol–water partition coefficient (Wildman–Crippen LogP) is 1.74. The van der Waals surface area contributed by atoms with Gasteiger partial charge in [0, 0.05) is 24.7 Å². The van der Waals surface area contributed by atoms with E-state index in [1.165, 1.54) is 0 Å². The van der Waals surface area contributed by atoms with Crippen LogP contribution in [0, 0.1) is 0 Å². The molecule has 1 N–H and O–H groups in total. The Kier molecular flexibility index (Phi) is 3.27. The van der Waals surface area contributed by atoms with Crippen LogP contribution in [0.2, 0.25) is 0 Å². The lowest BCUT2D eigenvalue weighted by molar-refractivity contribution is 0.0876. The van der Waals surface area contributed by atoms with Crippen LogP contribution in [0.1, 0.15) is 20.8 Å². The van der Waals surface area contributed by atoms with E-state index in [2.05, 4.69) is 16.8 Å². The van der Waals surface area contributed by atoms with E-state index in [9.17, 15) is 5.11 Å². The molecule has 0 aliphatic carbocycles. The summed E-state index contributed by atoms with van der Waals surface area (Å²) in [6.07, 6.45) is 1.78. The van der Waals surface area contributed by atoms with E-state index in [1.807, 2.05) is 19.2 Å². The number of aliphatic hydroxyl groups is 1. The average Bonchev–Trinajstić information content (AvgIpc) is 2.50. The van der Waals surface area contributed by atoms with Crippen LogP contribution in [0.4, 0.5) is 5.13 Å². The molecule has 0 aliphatic rings. The average molecular weight is 200 g/mol. The quantitative estimate of drug-likeness (QED) is 0.804. The van der Waals surface area contributed by atoms with Crippen molar-refractivity contribution in [2.75, 3.05) is 18.0 Å². The van der Waals surface area contributed by atoms with E-state index in [4.69, 9.17) is 0 Å². The minimum Gasteiger partial charge on any atom is -0.389 e. The molecule has 0 aromatic carbocycles. The van der Waals surface area contributed by atoms with Gasteiger partial charge in [-0.1, -0.05) is 0 Å². The van der Waals surface area contributed by atoms with Gasteiger partial charge in [-0.05, 0) is 20.8 Å². The standard InChI is InChI=1S/C9H16N2OS/c1-4-11(7-9(2,3)12)8-10-5-6-13-8/h5-6,12H,4,7H2,1-3H3. The van der Waals surface area contributed by atoms with Crippen LogP contribution in [0.5, 0.6) is 0 Å². The lowest BCUT2D eigenvalue weighted by Crippen LogP contribution is -2.38. The minimum atomic E-state index is -0.665. The predicted molar refractivity (Wildman–Crippen MR) is 56.3 cm³/mol. The number of nitrogens with zero attached hydrogens (tertiary/aromatic N) is 2. The summed E-state index contributed by atoms with van der Waals surface area (Å²) in [6, 6.07) is 0. The van der Waals surface area contributed by atoms with E-state index in [1.54, 1.807) is 17.5 Å². The molecule has 0 fully saturated rings. The lowest BCUT2D eigenvalue weighted by Gasteiger charge is -2.27. The Labute approximate surface area is 83.0 Å². The van der Waals surface area contributed by atoms with E-state index >= 15 is 0 Å². The number of anilines is 1. The largest absolute Gasteiger partial charge is 0.389 e. The molecule has 13 heavy (non-hydrogen) atoms. The van der Waals surface area contributed by atoms with Crippen molar-refractivity contribution >= 4 is 16.5 Å². The molecule has 0 amide bonds. The van der Waals surface area contributed by atoms with E-state index < -0.39 is 5.60 Å². The smallest absolute Gasteiger partial charge is 0.185 e. The molecule has 4 heteroatoms. The Morgan fingerprint density at radius 3 is 2.69 bits per heavy atom. The summed E-state index contributed by atoms with van der Waals surface area (Å²) in [5, 5.41) is 12.6. The molecule has 0 radical (unpaired) electrons. The van der Waals surface area contributed by atoms with Gasteiger partial charge in [-0.2, -0.15) is 0 Å². The van der Waals surface area contributed by atoms with Gasteiger partial charge in [0.1, 0.15) is 0 Å². The van der Waals surface area contributed by atoms with Gasteiger partial charge in [-0.15, -0.1) is 11.3 Å². The highest BCUT2D eigenvalue weighted by Gasteiger charge is 2.18. The SMILES string of the molecule is CCN(CC(C)(C)O)c1nccs1. The van der Waals surface area contributed by atoms with Crippen molar-refractivity contribution in [1.82, 2.24) is 4.98 Å². The first-order chi connectivity index (χ1) is 6.03. The molecule has 1 rings (SSSR count). The number of aromatic nitrogens is 1. The summed E-state index contributed by atoms with van der Waals surface area (Å²) in [6.45, 7) is 7.17. The molecule has 74 valence electrons. The molecular weight excluding hydrogens is 184 g/mol. The van der Waals surface area contributed by atoms with Crippen LogP contribution in [0.3, 0.4) is 0 Å². The number of rotatable bonds is 4. The first-order valence-corrected chi connectivity index (χ1v) is 5.27. The second-order valence-corrected chi connectivity index (χ2v) is 4.51. The third-order valence-corrected chi connectivity index (χ3v) is 2.48. The normalized spacial score (nSPS) is 11.7. The fourth-order valence-electron chi connectivity index (χ4n) is 1.15. The van der Waals surface area contributed by atoms with Crippen molar-refractivity contribution in [2.45, 2.75) is 26.4 Å². The maximum absolute atomic E-state index is 9.65. The second-order valence-electron chi connectivity index (χ2n) is 3.64. The third kappa shape index (κ3) is 3.32. The van der Waals surface area contributed by atoms with Crippen LogP contribution in [0.15, 0.2) is 11.6 Å². The van der Waals surface area contributed by atoms with Crippen molar-refractivity contribution in [2.24, 2.45) is 0 Å². The van der Waals surface area contributed by atoms with Crippen molar-refractivity contribution in [3.8, 4) is 0 Å². The molecule has 0 spiro atoms. The Bertz CT molecular complexity index is 241. The Balaban J connectivity index is 2.64. The lowest BCUT2D eigenvalue weighted by atomic mass is 10.1. The molecule has 0 saturated heterocycles. The summed E-state index contributed by atoms with van der Waals surface area (Å²) < 4.78 is 0. The van der Waals surface area contributed by atoms with Gasteiger partial charge >= 0.3 is 0 Å². The molecular formula is C9H16N2OS. The molecule has 1 aromatic rings. The number of hydrogen-bond acceptors (Lipinski definition) is 4. The summed E-state index contributed by atoms with van der Waals surface area (Å²) >= 11 is 1.60. The minimum absolute atomic E-state index is 0.622. The summed E-state index contributed by atoms with van der Waals surface area (Å²) in [5.41, 5.74) is -0.665. The van der Waals surface area contributed by atoms with Gasteiger partial charge in [0.05, 0.1) is 5.60 Å².